The van der Waals surface area contributed by atoms with E-state index >= 15 is 0 Å². The summed E-state index contributed by atoms with van der Waals surface area (Å²) in [6.45, 7) is 0. The number of nitrogens with zero attached hydrogens (tertiary/aromatic N) is 3. The molecule has 1 N–H and O–H groups in total. The zero-order valence-corrected chi connectivity index (χ0v) is 12.7. The Morgan fingerprint density at radius 1 is 1.00 bits per heavy atom. The van der Waals surface area contributed by atoms with Gasteiger partial charge in [-0.2, -0.15) is 0 Å². The number of nitrogens with one attached hydrogen (secondary N) is 1. The predicted octanol–water partition coefficient (Wildman–Crippen LogP) is 4.35. The smallest absolute Gasteiger partial charge is 0.221 e. The Bertz CT molecular complexity index is 1210. The molecule has 0 bridgehead atoms. The number of benzene rings is 2. The quantitative estimate of drug-likeness (QED) is 0.467. The second kappa shape index (κ2) is 4.50. The van der Waals surface area contributed by atoms with Crippen LogP contribution in [-0.4, -0.2) is 19.6 Å². The molecule has 6 heteroatoms. The van der Waals surface area contributed by atoms with Crippen LogP contribution in [0.1, 0.15) is 0 Å². The molecule has 3 aromatic heterocycles. The minimum Gasteiger partial charge on any atom is -0.453 e. The highest BCUT2D eigenvalue weighted by atomic mass is 32.1. The van der Waals surface area contributed by atoms with Crippen LogP contribution in [0.15, 0.2) is 59.0 Å². The molecule has 0 spiro atoms. The van der Waals surface area contributed by atoms with Crippen LogP contribution in [-0.2, 0) is 0 Å². The van der Waals surface area contributed by atoms with Crippen molar-refractivity contribution in [1.82, 2.24) is 19.6 Å². The molecule has 2 aromatic carbocycles. The number of fused-ring (bicyclic) bond motifs is 4. The van der Waals surface area contributed by atoms with E-state index in [0.717, 1.165) is 27.5 Å². The van der Waals surface area contributed by atoms with Crippen molar-refractivity contribution in [3.63, 3.8) is 0 Å². The van der Waals surface area contributed by atoms with Gasteiger partial charge in [0.1, 0.15) is 5.58 Å². The van der Waals surface area contributed by atoms with Gasteiger partial charge in [-0.15, -0.1) is 0 Å². The molecular weight excluding hydrogens is 308 g/mol. The lowest BCUT2D eigenvalue weighted by atomic mass is 10.2. The summed E-state index contributed by atoms with van der Waals surface area (Å²) < 4.78 is 8.02. The van der Waals surface area contributed by atoms with Crippen molar-refractivity contribution in [2.75, 3.05) is 0 Å². The van der Waals surface area contributed by atoms with Crippen LogP contribution in [0.3, 0.4) is 0 Å². The van der Waals surface area contributed by atoms with Crippen LogP contribution < -0.4 is 0 Å². The van der Waals surface area contributed by atoms with E-state index in [1.54, 1.807) is 4.52 Å². The number of H-pyrrole nitrogens is 1. The summed E-state index contributed by atoms with van der Waals surface area (Å²) in [5, 5.41) is 5.16. The number of para-hydroxylation sites is 2. The van der Waals surface area contributed by atoms with E-state index < -0.39 is 0 Å². The number of rotatable bonds is 1. The van der Waals surface area contributed by atoms with Gasteiger partial charge in [-0.05, 0) is 36.5 Å². The molecular formula is C17H10N4OS. The highest BCUT2D eigenvalue weighted by molar-refractivity contribution is 7.71. The zero-order chi connectivity index (χ0) is 15.4. The molecule has 0 aliphatic heterocycles. The summed E-state index contributed by atoms with van der Waals surface area (Å²) in [4.78, 5) is 9.10. The SMILES string of the molecule is S=c1nc2ccccc2c2nc(-c3cc4ccccc4o3)[nH]n12. The molecule has 0 saturated carbocycles. The minimum absolute atomic E-state index is 0.438. The van der Waals surface area contributed by atoms with Gasteiger partial charge in [0.05, 0.1) is 5.52 Å². The lowest BCUT2D eigenvalue weighted by Crippen LogP contribution is -1.94. The van der Waals surface area contributed by atoms with Gasteiger partial charge < -0.3 is 4.42 Å². The molecule has 0 aliphatic rings. The van der Waals surface area contributed by atoms with Gasteiger partial charge in [0.25, 0.3) is 0 Å². The normalized spacial score (nSPS) is 11.7. The van der Waals surface area contributed by atoms with Gasteiger partial charge in [0.2, 0.25) is 4.77 Å². The number of aromatic nitrogens is 4. The number of hydrogen-bond acceptors (Lipinski definition) is 4. The zero-order valence-electron chi connectivity index (χ0n) is 11.9. The molecule has 0 saturated heterocycles. The highest BCUT2D eigenvalue weighted by Crippen LogP contribution is 2.27. The maximum Gasteiger partial charge on any atom is 0.221 e. The van der Waals surface area contributed by atoms with Crippen LogP contribution in [0.5, 0.6) is 0 Å². The second-order valence-electron chi connectivity index (χ2n) is 5.29. The first-order valence-electron chi connectivity index (χ1n) is 7.16. The fraction of sp³-hybridized carbons (Fsp3) is 0. The van der Waals surface area contributed by atoms with E-state index in [9.17, 15) is 0 Å². The van der Waals surface area contributed by atoms with Crippen LogP contribution in [0.2, 0.25) is 0 Å². The monoisotopic (exact) mass is 318 g/mol. The van der Waals surface area contributed by atoms with Crippen LogP contribution >= 0.6 is 12.2 Å². The molecule has 5 aromatic rings. The van der Waals surface area contributed by atoms with Crippen molar-refractivity contribution in [2.45, 2.75) is 0 Å². The average molecular weight is 318 g/mol. The van der Waals surface area contributed by atoms with E-state index in [2.05, 4.69) is 15.1 Å². The van der Waals surface area contributed by atoms with Crippen molar-refractivity contribution >= 4 is 39.7 Å². The van der Waals surface area contributed by atoms with Crippen LogP contribution in [0, 0.1) is 4.77 Å². The number of aromatic amines is 1. The van der Waals surface area contributed by atoms with Crippen molar-refractivity contribution in [3.8, 4) is 11.6 Å². The topological polar surface area (TPSA) is 59.1 Å². The van der Waals surface area contributed by atoms with Crippen molar-refractivity contribution in [2.24, 2.45) is 0 Å². The Kier molecular flexibility index (Phi) is 2.46. The highest BCUT2D eigenvalue weighted by Gasteiger charge is 2.13. The van der Waals surface area contributed by atoms with E-state index in [1.807, 2.05) is 54.6 Å². The summed E-state index contributed by atoms with van der Waals surface area (Å²) in [5.41, 5.74) is 2.41. The average Bonchev–Trinajstić information content (AvgIpc) is 3.19. The molecule has 5 rings (SSSR count). The summed E-state index contributed by atoms with van der Waals surface area (Å²) in [7, 11) is 0. The van der Waals surface area contributed by atoms with Gasteiger partial charge >= 0.3 is 0 Å². The molecule has 3 heterocycles. The predicted molar refractivity (Wildman–Crippen MR) is 90.9 cm³/mol. The third-order valence-corrected chi connectivity index (χ3v) is 4.13. The molecule has 0 fully saturated rings. The Hall–Kier alpha value is -2.99. The first kappa shape index (κ1) is 12.5. The maximum atomic E-state index is 5.87. The van der Waals surface area contributed by atoms with Crippen molar-refractivity contribution < 1.29 is 4.42 Å². The second-order valence-corrected chi connectivity index (χ2v) is 5.66. The Morgan fingerprint density at radius 2 is 1.83 bits per heavy atom. The fourth-order valence-electron chi connectivity index (χ4n) is 2.78. The lowest BCUT2D eigenvalue weighted by Gasteiger charge is -1.97. The summed E-state index contributed by atoms with van der Waals surface area (Å²) in [6.07, 6.45) is 0. The molecule has 110 valence electrons. The van der Waals surface area contributed by atoms with Crippen molar-refractivity contribution in [3.05, 3.63) is 59.4 Å². The first-order chi connectivity index (χ1) is 11.3. The molecule has 0 unspecified atom stereocenters. The Labute approximate surface area is 135 Å². The standard InChI is InChI=1S/C17H10N4OS/c23-17-18-12-7-3-2-6-11(12)16-19-15(20-21(16)17)14-9-10-5-1-4-8-13(10)22-14/h1-9H,(H,19,20). The molecule has 0 atom stereocenters. The largest absolute Gasteiger partial charge is 0.453 e. The fourth-order valence-corrected chi connectivity index (χ4v) is 3.01. The maximum absolute atomic E-state index is 5.87. The molecule has 0 radical (unpaired) electrons. The summed E-state index contributed by atoms with van der Waals surface area (Å²) in [6, 6.07) is 17.6. The van der Waals surface area contributed by atoms with Gasteiger partial charge in [-0.25, -0.2) is 14.5 Å². The van der Waals surface area contributed by atoms with Gasteiger partial charge in [0.15, 0.2) is 17.2 Å². The van der Waals surface area contributed by atoms with E-state index in [4.69, 9.17) is 16.6 Å². The summed E-state index contributed by atoms with van der Waals surface area (Å²) in [5.74, 6) is 1.30. The molecule has 0 amide bonds. The third kappa shape index (κ3) is 1.82. The van der Waals surface area contributed by atoms with E-state index in [1.165, 1.54) is 0 Å². The number of furan rings is 1. The third-order valence-electron chi connectivity index (χ3n) is 3.86. The molecule has 23 heavy (non-hydrogen) atoms. The lowest BCUT2D eigenvalue weighted by molar-refractivity contribution is 0.625. The van der Waals surface area contributed by atoms with Gasteiger partial charge in [-0.3, -0.25) is 5.10 Å². The summed E-state index contributed by atoms with van der Waals surface area (Å²) >= 11 is 5.36. The van der Waals surface area contributed by atoms with Crippen LogP contribution in [0.25, 0.3) is 39.1 Å². The van der Waals surface area contributed by atoms with Gasteiger partial charge in [-0.1, -0.05) is 30.3 Å². The number of hydrogen-bond donors (Lipinski definition) is 1. The molecule has 0 aliphatic carbocycles. The first-order valence-corrected chi connectivity index (χ1v) is 7.57. The van der Waals surface area contributed by atoms with E-state index in [0.29, 0.717) is 16.4 Å². The minimum atomic E-state index is 0.438. The van der Waals surface area contributed by atoms with E-state index in [-0.39, 0.29) is 0 Å². The molecule has 5 nitrogen and oxygen atoms in total. The Morgan fingerprint density at radius 3 is 2.74 bits per heavy atom. The Balaban J connectivity index is 1.84. The van der Waals surface area contributed by atoms with Crippen molar-refractivity contribution in [1.29, 1.82) is 0 Å². The van der Waals surface area contributed by atoms with Gasteiger partial charge in [0, 0.05) is 10.8 Å². The van der Waals surface area contributed by atoms with Crippen LogP contribution in [0.4, 0.5) is 0 Å².